The van der Waals surface area contributed by atoms with Crippen LogP contribution in [0.25, 0.3) is 5.57 Å². The Balaban J connectivity index is 2.43. The predicted octanol–water partition coefficient (Wildman–Crippen LogP) is 4.18. The summed E-state index contributed by atoms with van der Waals surface area (Å²) < 4.78 is 0. The zero-order valence-electron chi connectivity index (χ0n) is 10.0. The van der Waals surface area contributed by atoms with Crippen molar-refractivity contribution < 1.29 is 4.79 Å². The molecular weight excluding hydrogens is 208 g/mol. The van der Waals surface area contributed by atoms with Crippen molar-refractivity contribution in [1.29, 1.82) is 0 Å². The van der Waals surface area contributed by atoms with Crippen molar-refractivity contribution in [2.75, 3.05) is 0 Å². The van der Waals surface area contributed by atoms with Gasteiger partial charge in [-0.25, -0.2) is 0 Å². The lowest BCUT2D eigenvalue weighted by molar-refractivity contribution is 0.112. The number of carbonyl (C=O) groups is 1. The Labute approximate surface area is 102 Å². The second-order valence-corrected chi connectivity index (χ2v) is 4.11. The van der Waals surface area contributed by atoms with E-state index >= 15 is 0 Å². The quantitative estimate of drug-likeness (QED) is 0.704. The topological polar surface area (TPSA) is 17.1 Å². The van der Waals surface area contributed by atoms with E-state index in [2.05, 4.69) is 31.2 Å². The molecule has 2 rings (SSSR count). The monoisotopic (exact) mass is 224 g/mol. The Morgan fingerprint density at radius 2 is 2.06 bits per heavy atom. The van der Waals surface area contributed by atoms with E-state index < -0.39 is 0 Å². The van der Waals surface area contributed by atoms with Crippen LogP contribution in [0.3, 0.4) is 0 Å². The highest BCUT2D eigenvalue weighted by Crippen LogP contribution is 2.23. The lowest BCUT2D eigenvalue weighted by Gasteiger charge is -2.04. The van der Waals surface area contributed by atoms with E-state index in [-0.39, 0.29) is 0 Å². The smallest absolute Gasteiger partial charge is 0.150 e. The molecule has 0 aromatic heterocycles. The van der Waals surface area contributed by atoms with Crippen LogP contribution in [0.2, 0.25) is 0 Å². The molecule has 0 N–H and O–H groups in total. The van der Waals surface area contributed by atoms with Crippen LogP contribution in [0.5, 0.6) is 0 Å². The van der Waals surface area contributed by atoms with E-state index in [0.717, 1.165) is 35.8 Å². The van der Waals surface area contributed by atoms with Crippen LogP contribution in [0.1, 0.15) is 35.7 Å². The third-order valence-electron chi connectivity index (χ3n) is 3.03. The molecule has 0 aliphatic heterocycles. The minimum atomic E-state index is 0.747. The Morgan fingerprint density at radius 3 is 2.82 bits per heavy atom. The average Bonchev–Trinajstić information content (AvgIpc) is 2.63. The van der Waals surface area contributed by atoms with Gasteiger partial charge in [0.25, 0.3) is 0 Å². The molecule has 0 saturated carbocycles. The number of benzene rings is 1. The van der Waals surface area contributed by atoms with Crippen molar-refractivity contribution in [3.63, 3.8) is 0 Å². The van der Waals surface area contributed by atoms with Gasteiger partial charge in [0.1, 0.15) is 0 Å². The molecule has 17 heavy (non-hydrogen) atoms. The van der Waals surface area contributed by atoms with Gasteiger partial charge in [-0.15, -0.1) is 0 Å². The molecule has 0 saturated heterocycles. The van der Waals surface area contributed by atoms with Crippen molar-refractivity contribution in [3.05, 3.63) is 65.3 Å². The van der Waals surface area contributed by atoms with Crippen molar-refractivity contribution in [3.8, 4) is 0 Å². The second-order valence-electron chi connectivity index (χ2n) is 4.11. The summed E-state index contributed by atoms with van der Waals surface area (Å²) in [6.45, 7) is 2.16. The van der Waals surface area contributed by atoms with Crippen LogP contribution in [0.15, 0.2) is 54.1 Å². The number of hydrogen-bond acceptors (Lipinski definition) is 1. The third-order valence-corrected chi connectivity index (χ3v) is 3.03. The van der Waals surface area contributed by atoms with E-state index in [1.165, 1.54) is 5.57 Å². The Hall–Kier alpha value is -1.89. The first-order valence-corrected chi connectivity index (χ1v) is 5.96. The number of carbonyl (C=O) groups excluding carboxylic acids is 1. The van der Waals surface area contributed by atoms with Gasteiger partial charge in [-0.3, -0.25) is 4.79 Å². The minimum absolute atomic E-state index is 0.747. The lowest BCUT2D eigenvalue weighted by atomic mass is 10.00. The van der Waals surface area contributed by atoms with Crippen LogP contribution < -0.4 is 0 Å². The standard InChI is InChI=1S/C16H16O/c1-2-13-6-5-8-14(11-10-13)16-9-4-3-7-15(16)12-17/h3-5,7-12H,2,6H2,1H3. The fraction of sp³-hybridized carbons (Fsp3) is 0.188. The van der Waals surface area contributed by atoms with Crippen LogP contribution in [-0.2, 0) is 0 Å². The molecular formula is C16H16O. The average molecular weight is 224 g/mol. The van der Waals surface area contributed by atoms with Gasteiger partial charge in [-0.1, -0.05) is 61.1 Å². The number of allylic oxidation sites excluding steroid dienone is 6. The molecule has 0 radical (unpaired) electrons. The zero-order chi connectivity index (χ0) is 12.1. The van der Waals surface area contributed by atoms with E-state index in [9.17, 15) is 4.79 Å². The van der Waals surface area contributed by atoms with Gasteiger partial charge in [0.05, 0.1) is 0 Å². The maximum absolute atomic E-state index is 11.0. The van der Waals surface area contributed by atoms with Gasteiger partial charge in [0, 0.05) is 5.56 Å². The first kappa shape index (κ1) is 11.6. The SMILES string of the molecule is CCC1=CC=C(c2ccccc2C=O)C=CC1. The Bertz CT molecular complexity index is 504. The van der Waals surface area contributed by atoms with Crippen LogP contribution >= 0.6 is 0 Å². The fourth-order valence-electron chi connectivity index (χ4n) is 1.97. The molecule has 86 valence electrons. The summed E-state index contributed by atoms with van der Waals surface area (Å²) in [5, 5.41) is 0. The van der Waals surface area contributed by atoms with E-state index in [1.807, 2.05) is 24.3 Å². The van der Waals surface area contributed by atoms with Gasteiger partial charge in [0.2, 0.25) is 0 Å². The highest BCUT2D eigenvalue weighted by atomic mass is 16.1. The Morgan fingerprint density at radius 1 is 1.24 bits per heavy atom. The van der Waals surface area contributed by atoms with Crippen LogP contribution in [0, 0.1) is 0 Å². The summed E-state index contributed by atoms with van der Waals surface area (Å²) in [5.41, 5.74) is 4.28. The van der Waals surface area contributed by atoms with Gasteiger partial charge < -0.3 is 0 Å². The summed E-state index contributed by atoms with van der Waals surface area (Å²) >= 11 is 0. The lowest BCUT2D eigenvalue weighted by Crippen LogP contribution is -1.89. The highest BCUT2D eigenvalue weighted by molar-refractivity contribution is 5.89. The summed E-state index contributed by atoms with van der Waals surface area (Å²) in [5.74, 6) is 0. The molecule has 0 heterocycles. The normalized spacial score (nSPS) is 14.9. The summed E-state index contributed by atoms with van der Waals surface area (Å²) in [6, 6.07) is 7.70. The summed E-state index contributed by atoms with van der Waals surface area (Å²) in [6.07, 6.45) is 11.5. The molecule has 0 unspecified atom stereocenters. The molecule has 1 aromatic carbocycles. The van der Waals surface area contributed by atoms with Gasteiger partial charge in [-0.2, -0.15) is 0 Å². The van der Waals surface area contributed by atoms with Crippen molar-refractivity contribution in [2.45, 2.75) is 19.8 Å². The molecule has 1 aliphatic rings. The molecule has 0 amide bonds. The van der Waals surface area contributed by atoms with Crippen LogP contribution in [-0.4, -0.2) is 6.29 Å². The first-order valence-electron chi connectivity index (χ1n) is 5.96. The zero-order valence-corrected chi connectivity index (χ0v) is 10.0. The largest absolute Gasteiger partial charge is 0.298 e. The Kier molecular flexibility index (Phi) is 3.71. The van der Waals surface area contributed by atoms with Crippen molar-refractivity contribution in [2.24, 2.45) is 0 Å². The molecule has 1 heteroatoms. The predicted molar refractivity (Wildman–Crippen MR) is 71.9 cm³/mol. The first-order chi connectivity index (χ1) is 8.35. The summed E-state index contributed by atoms with van der Waals surface area (Å²) in [7, 11) is 0. The molecule has 1 aliphatic carbocycles. The fourth-order valence-corrected chi connectivity index (χ4v) is 1.97. The second kappa shape index (κ2) is 5.44. The molecule has 0 bridgehead atoms. The summed E-state index contributed by atoms with van der Waals surface area (Å²) in [4.78, 5) is 11.0. The third kappa shape index (κ3) is 2.62. The van der Waals surface area contributed by atoms with Crippen molar-refractivity contribution >= 4 is 11.9 Å². The van der Waals surface area contributed by atoms with Gasteiger partial charge in [-0.05, 0) is 24.0 Å². The molecule has 0 atom stereocenters. The van der Waals surface area contributed by atoms with E-state index in [1.54, 1.807) is 0 Å². The number of hydrogen-bond donors (Lipinski definition) is 0. The molecule has 0 spiro atoms. The van der Waals surface area contributed by atoms with Gasteiger partial charge in [0.15, 0.2) is 6.29 Å². The molecule has 1 nitrogen and oxygen atoms in total. The minimum Gasteiger partial charge on any atom is -0.298 e. The molecule has 0 fully saturated rings. The van der Waals surface area contributed by atoms with E-state index in [4.69, 9.17) is 0 Å². The van der Waals surface area contributed by atoms with Crippen LogP contribution in [0.4, 0.5) is 0 Å². The van der Waals surface area contributed by atoms with Crippen molar-refractivity contribution in [1.82, 2.24) is 0 Å². The molecule has 1 aromatic rings. The van der Waals surface area contributed by atoms with E-state index in [0.29, 0.717) is 0 Å². The maximum Gasteiger partial charge on any atom is 0.150 e. The number of rotatable bonds is 3. The highest BCUT2D eigenvalue weighted by Gasteiger charge is 2.05. The number of aldehydes is 1. The van der Waals surface area contributed by atoms with Gasteiger partial charge >= 0.3 is 0 Å². The maximum atomic E-state index is 11.0.